The Kier molecular flexibility index (Phi) is 5.05. The monoisotopic (exact) mass is 302 g/mol. The lowest BCUT2D eigenvalue weighted by atomic mass is 10.1. The fourth-order valence-electron chi connectivity index (χ4n) is 2.02. The quantitative estimate of drug-likeness (QED) is 0.925. The number of morpholine rings is 1. The van der Waals surface area contributed by atoms with Crippen LogP contribution in [0.25, 0.3) is 0 Å². The standard InChI is InChI=1S/C13H16Cl2N2O2/c14-11-2-1-9(5-12(11)15)6-13(18)17-3-4-19-10(7-16)8-17/h1-2,5,10H,3-4,6-8,16H2. The van der Waals surface area contributed by atoms with Gasteiger partial charge in [0.2, 0.25) is 5.91 Å². The van der Waals surface area contributed by atoms with E-state index in [0.29, 0.717) is 42.7 Å². The fourth-order valence-corrected chi connectivity index (χ4v) is 2.35. The third-order valence-corrected chi connectivity index (χ3v) is 3.83. The Morgan fingerprint density at radius 1 is 1.42 bits per heavy atom. The summed E-state index contributed by atoms with van der Waals surface area (Å²) in [4.78, 5) is 14.0. The molecule has 0 radical (unpaired) electrons. The number of carbonyl (C=O) groups is 1. The number of amides is 1. The van der Waals surface area contributed by atoms with E-state index in [4.69, 9.17) is 33.7 Å². The molecular formula is C13H16Cl2N2O2. The van der Waals surface area contributed by atoms with Crippen molar-refractivity contribution in [2.45, 2.75) is 12.5 Å². The first-order valence-electron chi connectivity index (χ1n) is 6.13. The summed E-state index contributed by atoms with van der Waals surface area (Å²) in [5, 5.41) is 0.959. The predicted molar refractivity (Wildman–Crippen MR) is 75.5 cm³/mol. The maximum atomic E-state index is 12.2. The summed E-state index contributed by atoms with van der Waals surface area (Å²) in [7, 11) is 0. The molecule has 104 valence electrons. The Balaban J connectivity index is 1.98. The maximum absolute atomic E-state index is 12.2. The van der Waals surface area contributed by atoms with Crippen LogP contribution in [0.3, 0.4) is 0 Å². The van der Waals surface area contributed by atoms with Crippen molar-refractivity contribution in [1.82, 2.24) is 4.90 Å². The molecule has 1 aromatic carbocycles. The minimum atomic E-state index is -0.0634. The van der Waals surface area contributed by atoms with Crippen LogP contribution in [0.1, 0.15) is 5.56 Å². The molecule has 2 N–H and O–H groups in total. The van der Waals surface area contributed by atoms with Gasteiger partial charge < -0.3 is 15.4 Å². The number of rotatable bonds is 3. The molecule has 0 saturated carbocycles. The molecule has 0 spiro atoms. The number of nitrogens with zero attached hydrogens (tertiary/aromatic N) is 1. The van der Waals surface area contributed by atoms with Crippen LogP contribution in [0.4, 0.5) is 0 Å². The van der Waals surface area contributed by atoms with Gasteiger partial charge in [-0.3, -0.25) is 4.79 Å². The summed E-state index contributed by atoms with van der Waals surface area (Å²) in [5.41, 5.74) is 6.42. The Hall–Kier alpha value is -0.810. The first-order chi connectivity index (χ1) is 9.10. The Labute approximate surface area is 122 Å². The smallest absolute Gasteiger partial charge is 0.227 e. The molecule has 1 aliphatic rings. The minimum Gasteiger partial charge on any atom is -0.373 e. The highest BCUT2D eigenvalue weighted by Gasteiger charge is 2.23. The summed E-state index contributed by atoms with van der Waals surface area (Å²) in [6.07, 6.45) is 0.250. The van der Waals surface area contributed by atoms with Crippen molar-refractivity contribution in [3.63, 3.8) is 0 Å². The number of ether oxygens (including phenoxy) is 1. The van der Waals surface area contributed by atoms with Gasteiger partial charge in [-0.2, -0.15) is 0 Å². The van der Waals surface area contributed by atoms with Gasteiger partial charge in [-0.25, -0.2) is 0 Å². The normalized spacial score (nSPS) is 19.5. The number of carbonyl (C=O) groups excluding carboxylic acids is 1. The summed E-state index contributed by atoms with van der Waals surface area (Å²) < 4.78 is 5.44. The van der Waals surface area contributed by atoms with Gasteiger partial charge >= 0.3 is 0 Å². The third kappa shape index (κ3) is 3.83. The lowest BCUT2D eigenvalue weighted by Crippen LogP contribution is -2.48. The van der Waals surface area contributed by atoms with Crippen LogP contribution < -0.4 is 5.73 Å². The van der Waals surface area contributed by atoms with E-state index in [1.165, 1.54) is 0 Å². The number of benzene rings is 1. The zero-order valence-corrected chi connectivity index (χ0v) is 12.0. The lowest BCUT2D eigenvalue weighted by molar-refractivity contribution is -0.137. The van der Waals surface area contributed by atoms with Crippen molar-refractivity contribution < 1.29 is 9.53 Å². The van der Waals surface area contributed by atoms with Crippen LogP contribution in [0, 0.1) is 0 Å². The van der Waals surface area contributed by atoms with Crippen LogP contribution in [-0.4, -0.2) is 43.2 Å². The lowest BCUT2D eigenvalue weighted by Gasteiger charge is -2.32. The van der Waals surface area contributed by atoms with Gasteiger partial charge in [0.05, 0.1) is 29.2 Å². The molecule has 2 rings (SSSR count). The van der Waals surface area contributed by atoms with E-state index in [1.807, 2.05) is 6.07 Å². The minimum absolute atomic E-state index is 0.0557. The first-order valence-corrected chi connectivity index (χ1v) is 6.89. The second-order valence-electron chi connectivity index (χ2n) is 4.49. The highest BCUT2D eigenvalue weighted by molar-refractivity contribution is 6.42. The van der Waals surface area contributed by atoms with E-state index >= 15 is 0 Å². The van der Waals surface area contributed by atoms with Gasteiger partial charge in [-0.1, -0.05) is 29.3 Å². The summed E-state index contributed by atoms with van der Waals surface area (Å²) in [6.45, 7) is 2.12. The highest BCUT2D eigenvalue weighted by Crippen LogP contribution is 2.23. The summed E-state index contributed by atoms with van der Waals surface area (Å²) in [6, 6.07) is 5.24. The van der Waals surface area contributed by atoms with E-state index in [1.54, 1.807) is 17.0 Å². The zero-order valence-electron chi connectivity index (χ0n) is 10.4. The van der Waals surface area contributed by atoms with Gasteiger partial charge in [-0.15, -0.1) is 0 Å². The average molecular weight is 303 g/mol. The molecule has 1 heterocycles. The number of hydrogen-bond donors (Lipinski definition) is 1. The van der Waals surface area contributed by atoms with Crippen molar-refractivity contribution >= 4 is 29.1 Å². The molecule has 1 atom stereocenters. The number of halogens is 2. The third-order valence-electron chi connectivity index (χ3n) is 3.09. The topological polar surface area (TPSA) is 55.6 Å². The largest absolute Gasteiger partial charge is 0.373 e. The van der Waals surface area contributed by atoms with Gasteiger partial charge in [0.25, 0.3) is 0 Å². The molecule has 0 aliphatic carbocycles. The molecule has 4 nitrogen and oxygen atoms in total. The van der Waals surface area contributed by atoms with E-state index in [2.05, 4.69) is 0 Å². The van der Waals surface area contributed by atoms with Gasteiger partial charge in [0.1, 0.15) is 0 Å². The van der Waals surface area contributed by atoms with Crippen molar-refractivity contribution in [2.24, 2.45) is 5.73 Å². The molecular weight excluding hydrogens is 287 g/mol. The molecule has 1 amide bonds. The van der Waals surface area contributed by atoms with Crippen molar-refractivity contribution in [1.29, 1.82) is 0 Å². The number of hydrogen-bond acceptors (Lipinski definition) is 3. The second kappa shape index (κ2) is 6.57. The molecule has 1 aliphatic heterocycles. The van der Waals surface area contributed by atoms with Crippen LogP contribution >= 0.6 is 23.2 Å². The van der Waals surface area contributed by atoms with Gasteiger partial charge in [0, 0.05) is 19.6 Å². The predicted octanol–water partition coefficient (Wildman–Crippen LogP) is 1.72. The van der Waals surface area contributed by atoms with E-state index in [-0.39, 0.29) is 12.0 Å². The molecule has 1 aromatic rings. The van der Waals surface area contributed by atoms with Gasteiger partial charge in [0.15, 0.2) is 0 Å². The molecule has 1 unspecified atom stereocenters. The SMILES string of the molecule is NCC1CN(C(=O)Cc2ccc(Cl)c(Cl)c2)CCO1. The molecule has 19 heavy (non-hydrogen) atoms. The highest BCUT2D eigenvalue weighted by atomic mass is 35.5. The van der Waals surface area contributed by atoms with Crippen LogP contribution in [0.2, 0.25) is 10.0 Å². The van der Waals surface area contributed by atoms with Crippen LogP contribution in [-0.2, 0) is 16.0 Å². The number of nitrogens with two attached hydrogens (primary N) is 1. The second-order valence-corrected chi connectivity index (χ2v) is 5.31. The summed E-state index contributed by atoms with van der Waals surface area (Å²) >= 11 is 11.8. The van der Waals surface area contributed by atoms with Crippen molar-refractivity contribution in [3.8, 4) is 0 Å². The first kappa shape index (κ1) is 14.6. The Bertz CT molecular complexity index is 468. The van der Waals surface area contributed by atoms with Crippen LogP contribution in [0.15, 0.2) is 18.2 Å². The van der Waals surface area contributed by atoms with Gasteiger partial charge in [-0.05, 0) is 17.7 Å². The maximum Gasteiger partial charge on any atom is 0.227 e. The fraction of sp³-hybridized carbons (Fsp3) is 0.462. The van der Waals surface area contributed by atoms with Crippen LogP contribution in [0.5, 0.6) is 0 Å². The molecule has 0 bridgehead atoms. The molecule has 1 saturated heterocycles. The Morgan fingerprint density at radius 3 is 2.89 bits per heavy atom. The molecule has 1 fully saturated rings. The van der Waals surface area contributed by atoms with E-state index in [9.17, 15) is 4.79 Å². The summed E-state index contributed by atoms with van der Waals surface area (Å²) in [5.74, 6) is 0.0557. The van der Waals surface area contributed by atoms with Crippen molar-refractivity contribution in [2.75, 3.05) is 26.2 Å². The molecule has 6 heteroatoms. The molecule has 0 aromatic heterocycles. The van der Waals surface area contributed by atoms with E-state index < -0.39 is 0 Å². The average Bonchev–Trinajstić information content (AvgIpc) is 2.43. The zero-order chi connectivity index (χ0) is 13.8. The van der Waals surface area contributed by atoms with Crippen molar-refractivity contribution in [3.05, 3.63) is 33.8 Å². The Morgan fingerprint density at radius 2 is 2.21 bits per heavy atom. The van der Waals surface area contributed by atoms with E-state index in [0.717, 1.165) is 5.56 Å².